The summed E-state index contributed by atoms with van der Waals surface area (Å²) in [6.07, 6.45) is 0. The van der Waals surface area contributed by atoms with Crippen LogP contribution >= 0.6 is 0 Å². The van der Waals surface area contributed by atoms with Crippen LogP contribution in [0, 0.1) is 12.7 Å². The topological polar surface area (TPSA) is 50.8 Å². The number of halogens is 1. The number of hydrogen-bond donors (Lipinski definition) is 1. The van der Waals surface area contributed by atoms with Gasteiger partial charge in [0.15, 0.2) is 11.5 Å². The van der Waals surface area contributed by atoms with Crippen molar-refractivity contribution in [2.75, 3.05) is 25.6 Å². The van der Waals surface area contributed by atoms with Gasteiger partial charge in [0.2, 0.25) is 5.91 Å². The zero-order valence-corrected chi connectivity index (χ0v) is 15.2. The van der Waals surface area contributed by atoms with Crippen LogP contribution in [0.5, 0.6) is 11.5 Å². The van der Waals surface area contributed by atoms with Gasteiger partial charge in [-0.25, -0.2) is 4.39 Å². The summed E-state index contributed by atoms with van der Waals surface area (Å²) in [5, 5.41) is 2.76. The second-order valence-electron chi connectivity index (χ2n) is 6.52. The quantitative estimate of drug-likeness (QED) is 0.890. The third-order valence-electron chi connectivity index (χ3n) is 4.52. The van der Waals surface area contributed by atoms with Gasteiger partial charge in [-0.1, -0.05) is 12.1 Å². The number of amides is 1. The van der Waals surface area contributed by atoms with Gasteiger partial charge in [-0.05, 0) is 56.3 Å². The van der Waals surface area contributed by atoms with E-state index in [2.05, 4.69) is 5.32 Å². The molecule has 0 spiro atoms. The van der Waals surface area contributed by atoms with Crippen LogP contribution in [0.2, 0.25) is 0 Å². The third kappa shape index (κ3) is 4.14. The summed E-state index contributed by atoms with van der Waals surface area (Å²) in [5.41, 5.74) is 2.03. The molecule has 0 saturated carbocycles. The van der Waals surface area contributed by atoms with Crippen LogP contribution in [-0.4, -0.2) is 37.1 Å². The fraction of sp³-hybridized carbons (Fsp3) is 0.350. The molecule has 1 aliphatic rings. The molecular weight excluding hydrogens is 335 g/mol. The molecule has 1 atom stereocenters. The first-order valence-corrected chi connectivity index (χ1v) is 8.60. The Balaban J connectivity index is 1.62. The van der Waals surface area contributed by atoms with Crippen LogP contribution in [0.1, 0.15) is 18.1 Å². The number of fused-ring (bicyclic) bond motifs is 1. The number of anilines is 1. The maximum absolute atomic E-state index is 13.6. The van der Waals surface area contributed by atoms with Crippen LogP contribution in [-0.2, 0) is 11.3 Å². The molecule has 138 valence electrons. The number of likely N-dealkylation sites (N-methyl/N-ethyl adjacent to an activating group) is 1. The third-order valence-corrected chi connectivity index (χ3v) is 4.52. The molecule has 0 radical (unpaired) electrons. The summed E-state index contributed by atoms with van der Waals surface area (Å²) in [7, 11) is 1.87. The van der Waals surface area contributed by atoms with Gasteiger partial charge in [-0.15, -0.1) is 0 Å². The van der Waals surface area contributed by atoms with Crippen molar-refractivity contribution >= 4 is 11.6 Å². The van der Waals surface area contributed by atoms with Crippen molar-refractivity contribution in [2.24, 2.45) is 0 Å². The van der Waals surface area contributed by atoms with Crippen LogP contribution in [0.4, 0.5) is 10.1 Å². The van der Waals surface area contributed by atoms with E-state index in [0.717, 1.165) is 17.1 Å². The zero-order chi connectivity index (χ0) is 18.7. The summed E-state index contributed by atoms with van der Waals surface area (Å²) >= 11 is 0. The molecule has 1 unspecified atom stereocenters. The number of ether oxygens (including phenoxy) is 2. The minimum Gasteiger partial charge on any atom is -0.486 e. The summed E-state index contributed by atoms with van der Waals surface area (Å²) in [6.45, 7) is 5.18. The van der Waals surface area contributed by atoms with Gasteiger partial charge in [-0.2, -0.15) is 0 Å². The molecule has 3 rings (SSSR count). The number of carbonyl (C=O) groups excluding carboxylic acids is 1. The Labute approximate surface area is 152 Å². The Morgan fingerprint density at radius 2 is 1.92 bits per heavy atom. The van der Waals surface area contributed by atoms with Crippen molar-refractivity contribution in [2.45, 2.75) is 26.4 Å². The smallest absolute Gasteiger partial charge is 0.241 e. The maximum Gasteiger partial charge on any atom is 0.241 e. The van der Waals surface area contributed by atoms with Crippen LogP contribution in [0.3, 0.4) is 0 Å². The fourth-order valence-corrected chi connectivity index (χ4v) is 2.73. The summed E-state index contributed by atoms with van der Waals surface area (Å²) in [5.74, 6) is 0.956. The van der Waals surface area contributed by atoms with E-state index >= 15 is 0 Å². The number of hydrogen-bond acceptors (Lipinski definition) is 4. The lowest BCUT2D eigenvalue weighted by atomic mass is 10.1. The van der Waals surface area contributed by atoms with Crippen molar-refractivity contribution in [3.05, 3.63) is 53.3 Å². The van der Waals surface area contributed by atoms with Crippen molar-refractivity contribution in [3.63, 3.8) is 0 Å². The van der Waals surface area contributed by atoms with Crippen molar-refractivity contribution in [1.82, 2.24) is 4.90 Å². The molecule has 6 heteroatoms. The second kappa shape index (κ2) is 7.74. The average Bonchev–Trinajstić information content (AvgIpc) is 2.64. The summed E-state index contributed by atoms with van der Waals surface area (Å²) in [4.78, 5) is 14.4. The molecule has 1 N–H and O–H groups in total. The second-order valence-corrected chi connectivity index (χ2v) is 6.52. The molecule has 0 fully saturated rings. The number of benzene rings is 2. The van der Waals surface area contributed by atoms with Crippen LogP contribution in [0.25, 0.3) is 0 Å². The van der Waals surface area contributed by atoms with Crippen LogP contribution < -0.4 is 14.8 Å². The van der Waals surface area contributed by atoms with Crippen LogP contribution in [0.15, 0.2) is 36.4 Å². The van der Waals surface area contributed by atoms with Gasteiger partial charge in [0.05, 0.1) is 6.04 Å². The number of aryl methyl sites for hydroxylation is 1. The monoisotopic (exact) mass is 358 g/mol. The minimum atomic E-state index is -0.382. The molecule has 0 saturated heterocycles. The minimum absolute atomic E-state index is 0.187. The highest BCUT2D eigenvalue weighted by molar-refractivity contribution is 5.94. The number of rotatable bonds is 5. The van der Waals surface area contributed by atoms with Gasteiger partial charge < -0.3 is 14.8 Å². The Kier molecular flexibility index (Phi) is 5.42. The molecule has 1 amide bonds. The largest absolute Gasteiger partial charge is 0.486 e. The predicted molar refractivity (Wildman–Crippen MR) is 98.1 cm³/mol. The normalized spacial score (nSPS) is 14.2. The Morgan fingerprint density at radius 1 is 1.19 bits per heavy atom. The first-order valence-electron chi connectivity index (χ1n) is 8.60. The van der Waals surface area contributed by atoms with E-state index in [-0.39, 0.29) is 17.8 Å². The molecular formula is C20H23FN2O3. The van der Waals surface area contributed by atoms with Crippen molar-refractivity contribution in [1.29, 1.82) is 0 Å². The first-order chi connectivity index (χ1) is 12.4. The standard InChI is InChI=1S/C20H23FN2O3/c1-13-4-6-16(11-17(13)21)22-20(24)14(2)23(3)12-15-5-7-18-19(10-15)26-9-8-25-18/h4-7,10-11,14H,8-9,12H2,1-3H3,(H,22,24). The van der Waals surface area contributed by atoms with E-state index < -0.39 is 0 Å². The van der Waals surface area contributed by atoms with E-state index in [1.54, 1.807) is 19.1 Å². The van der Waals surface area contributed by atoms with E-state index in [0.29, 0.717) is 31.0 Å². The van der Waals surface area contributed by atoms with E-state index in [1.807, 2.05) is 37.1 Å². The average molecular weight is 358 g/mol. The molecule has 1 heterocycles. The van der Waals surface area contributed by atoms with E-state index in [9.17, 15) is 9.18 Å². The Bertz CT molecular complexity index is 810. The fourth-order valence-electron chi connectivity index (χ4n) is 2.73. The van der Waals surface area contributed by atoms with Gasteiger partial charge in [0, 0.05) is 12.2 Å². The maximum atomic E-state index is 13.6. The SMILES string of the molecule is Cc1ccc(NC(=O)C(C)N(C)Cc2ccc3c(c2)OCCO3)cc1F. The molecule has 0 bridgehead atoms. The highest BCUT2D eigenvalue weighted by Crippen LogP contribution is 2.31. The van der Waals surface area contributed by atoms with Gasteiger partial charge in [0.1, 0.15) is 19.0 Å². The highest BCUT2D eigenvalue weighted by Gasteiger charge is 2.20. The highest BCUT2D eigenvalue weighted by atomic mass is 19.1. The van der Waals surface area contributed by atoms with Crippen molar-refractivity contribution in [3.8, 4) is 11.5 Å². The van der Waals surface area contributed by atoms with E-state index in [1.165, 1.54) is 6.07 Å². The lowest BCUT2D eigenvalue weighted by Crippen LogP contribution is -2.39. The van der Waals surface area contributed by atoms with Gasteiger partial charge in [0.25, 0.3) is 0 Å². The van der Waals surface area contributed by atoms with Crippen molar-refractivity contribution < 1.29 is 18.7 Å². The molecule has 0 aromatic heterocycles. The lowest BCUT2D eigenvalue weighted by molar-refractivity contribution is -0.120. The van der Waals surface area contributed by atoms with E-state index in [4.69, 9.17) is 9.47 Å². The molecule has 2 aromatic rings. The van der Waals surface area contributed by atoms with Gasteiger partial charge in [-0.3, -0.25) is 9.69 Å². The molecule has 26 heavy (non-hydrogen) atoms. The predicted octanol–water partition coefficient (Wildman–Crippen LogP) is 3.36. The number of carbonyl (C=O) groups is 1. The molecule has 1 aliphatic heterocycles. The summed E-state index contributed by atoms with van der Waals surface area (Å²) < 4.78 is 24.7. The summed E-state index contributed by atoms with van der Waals surface area (Å²) in [6, 6.07) is 10.1. The number of nitrogens with zero attached hydrogens (tertiary/aromatic N) is 1. The molecule has 0 aliphatic carbocycles. The number of nitrogens with one attached hydrogen (secondary N) is 1. The molecule has 2 aromatic carbocycles. The lowest BCUT2D eigenvalue weighted by Gasteiger charge is -2.25. The first kappa shape index (κ1) is 18.2. The van der Waals surface area contributed by atoms with Gasteiger partial charge >= 0.3 is 0 Å². The Morgan fingerprint density at radius 3 is 2.65 bits per heavy atom. The Hall–Kier alpha value is -2.60. The molecule has 5 nitrogen and oxygen atoms in total. The zero-order valence-electron chi connectivity index (χ0n) is 15.2.